The maximum absolute atomic E-state index is 13.5. The first-order valence-electron chi connectivity index (χ1n) is 9.26. The van der Waals surface area contributed by atoms with Crippen LogP contribution in [0.1, 0.15) is 41.6 Å². The summed E-state index contributed by atoms with van der Waals surface area (Å²) in [4.78, 5) is 23.9. The maximum atomic E-state index is 13.5. The Bertz CT molecular complexity index is 1170. The highest BCUT2D eigenvalue weighted by molar-refractivity contribution is 7.22. The summed E-state index contributed by atoms with van der Waals surface area (Å²) >= 11 is 7.74. The molecule has 8 heteroatoms. The molecule has 0 unspecified atom stereocenters. The number of hydrogen-bond donors (Lipinski definition) is 0. The van der Waals surface area contributed by atoms with Gasteiger partial charge in [-0.05, 0) is 50.6 Å². The number of benzene rings is 1. The molecule has 1 aromatic carbocycles. The first kappa shape index (κ1) is 19.5. The van der Waals surface area contributed by atoms with Crippen LogP contribution >= 0.6 is 22.9 Å². The predicted molar refractivity (Wildman–Crippen MR) is 117 cm³/mol. The van der Waals surface area contributed by atoms with Gasteiger partial charge in [-0.2, -0.15) is 5.10 Å². The standard InChI is InChI=1S/C21H20ClN5OS/c1-13(2)27-14(3)10-17(25-27)20(28)26(12-15-6-5-9-23-11-15)21-24-19-16(22)7-4-8-18(19)29-21/h4-11,13H,12H2,1-3H3. The van der Waals surface area contributed by atoms with Crippen molar-refractivity contribution in [3.63, 3.8) is 0 Å². The van der Waals surface area contributed by atoms with Crippen LogP contribution in [-0.2, 0) is 6.54 Å². The molecule has 0 bridgehead atoms. The summed E-state index contributed by atoms with van der Waals surface area (Å²) in [5.41, 5.74) is 2.94. The molecule has 0 fully saturated rings. The second-order valence-electron chi connectivity index (χ2n) is 7.04. The van der Waals surface area contributed by atoms with Crippen molar-refractivity contribution in [2.75, 3.05) is 4.90 Å². The largest absolute Gasteiger partial charge is 0.280 e. The Hall–Kier alpha value is -2.77. The van der Waals surface area contributed by atoms with Gasteiger partial charge in [0.2, 0.25) is 0 Å². The van der Waals surface area contributed by atoms with E-state index in [4.69, 9.17) is 11.6 Å². The molecule has 4 aromatic rings. The number of amides is 1. The molecule has 0 saturated heterocycles. The van der Waals surface area contributed by atoms with Gasteiger partial charge in [-0.1, -0.05) is 35.1 Å². The fourth-order valence-electron chi connectivity index (χ4n) is 3.17. The lowest BCUT2D eigenvalue weighted by molar-refractivity contribution is 0.0979. The number of thiazole rings is 1. The van der Waals surface area contributed by atoms with E-state index in [1.54, 1.807) is 23.4 Å². The normalized spacial score (nSPS) is 11.3. The molecule has 4 rings (SSSR count). The van der Waals surface area contributed by atoms with E-state index >= 15 is 0 Å². The van der Waals surface area contributed by atoms with Gasteiger partial charge in [0.25, 0.3) is 5.91 Å². The van der Waals surface area contributed by atoms with Crippen LogP contribution in [0, 0.1) is 6.92 Å². The Balaban J connectivity index is 1.78. The van der Waals surface area contributed by atoms with E-state index < -0.39 is 0 Å². The number of nitrogens with zero attached hydrogens (tertiary/aromatic N) is 5. The van der Waals surface area contributed by atoms with Crippen molar-refractivity contribution in [3.05, 3.63) is 70.8 Å². The monoisotopic (exact) mass is 425 g/mol. The quantitative estimate of drug-likeness (QED) is 0.436. The van der Waals surface area contributed by atoms with E-state index in [1.807, 2.05) is 55.8 Å². The number of carbonyl (C=O) groups is 1. The zero-order chi connectivity index (χ0) is 20.5. The molecule has 1 amide bonds. The van der Waals surface area contributed by atoms with Gasteiger partial charge in [0.15, 0.2) is 10.8 Å². The number of halogens is 1. The summed E-state index contributed by atoms with van der Waals surface area (Å²) in [6.07, 6.45) is 3.46. The molecule has 0 aliphatic rings. The number of carbonyl (C=O) groups excluding carboxylic acids is 1. The molecule has 148 valence electrons. The minimum Gasteiger partial charge on any atom is -0.278 e. The predicted octanol–water partition coefficient (Wildman–Crippen LogP) is 5.28. The number of pyridine rings is 1. The number of para-hydroxylation sites is 1. The minimum atomic E-state index is -0.202. The van der Waals surface area contributed by atoms with Crippen LogP contribution in [0.2, 0.25) is 5.02 Å². The fraction of sp³-hybridized carbons (Fsp3) is 0.238. The Morgan fingerprint density at radius 3 is 2.76 bits per heavy atom. The molecule has 3 heterocycles. The summed E-state index contributed by atoms with van der Waals surface area (Å²) < 4.78 is 2.78. The third-order valence-corrected chi connectivity index (χ3v) is 5.88. The van der Waals surface area contributed by atoms with Gasteiger partial charge in [-0.3, -0.25) is 19.4 Å². The summed E-state index contributed by atoms with van der Waals surface area (Å²) in [5, 5.41) is 5.68. The molecule has 0 atom stereocenters. The number of hydrogen-bond acceptors (Lipinski definition) is 5. The summed E-state index contributed by atoms with van der Waals surface area (Å²) in [6.45, 7) is 6.37. The van der Waals surface area contributed by atoms with Crippen LogP contribution in [0.25, 0.3) is 10.2 Å². The summed E-state index contributed by atoms with van der Waals surface area (Å²) in [7, 11) is 0. The van der Waals surface area contributed by atoms with Gasteiger partial charge in [-0.15, -0.1) is 0 Å². The van der Waals surface area contributed by atoms with Gasteiger partial charge in [0, 0.05) is 24.1 Å². The van der Waals surface area contributed by atoms with Crippen molar-refractivity contribution >= 4 is 44.2 Å². The van der Waals surface area contributed by atoms with Crippen LogP contribution in [0.15, 0.2) is 48.8 Å². The van der Waals surface area contributed by atoms with E-state index in [0.717, 1.165) is 16.0 Å². The molecule has 6 nitrogen and oxygen atoms in total. The van der Waals surface area contributed by atoms with Gasteiger partial charge in [0.05, 0.1) is 16.3 Å². The second-order valence-corrected chi connectivity index (χ2v) is 8.46. The van der Waals surface area contributed by atoms with Gasteiger partial charge >= 0.3 is 0 Å². The van der Waals surface area contributed by atoms with Crippen molar-refractivity contribution < 1.29 is 4.79 Å². The van der Waals surface area contributed by atoms with E-state index in [9.17, 15) is 4.79 Å². The molecule has 0 spiro atoms. The van der Waals surface area contributed by atoms with E-state index in [2.05, 4.69) is 15.1 Å². The number of aromatic nitrogens is 4. The average molecular weight is 426 g/mol. The highest BCUT2D eigenvalue weighted by Crippen LogP contribution is 2.34. The summed E-state index contributed by atoms with van der Waals surface area (Å²) in [5.74, 6) is -0.202. The Labute approximate surface area is 177 Å². The topological polar surface area (TPSA) is 63.9 Å². The smallest absolute Gasteiger partial charge is 0.278 e. The van der Waals surface area contributed by atoms with Crippen molar-refractivity contribution in [3.8, 4) is 0 Å². The molecular formula is C21H20ClN5OS. The number of anilines is 1. The Kier molecular flexibility index (Phi) is 5.34. The van der Waals surface area contributed by atoms with Crippen LogP contribution in [-0.4, -0.2) is 25.7 Å². The van der Waals surface area contributed by atoms with Crippen LogP contribution in [0.3, 0.4) is 0 Å². The lowest BCUT2D eigenvalue weighted by atomic mass is 10.2. The number of fused-ring (bicyclic) bond motifs is 1. The molecule has 3 aromatic heterocycles. The van der Waals surface area contributed by atoms with Gasteiger partial charge in [0.1, 0.15) is 5.52 Å². The van der Waals surface area contributed by atoms with Crippen molar-refractivity contribution in [2.45, 2.75) is 33.4 Å². The highest BCUT2D eigenvalue weighted by Gasteiger charge is 2.25. The maximum Gasteiger partial charge on any atom is 0.280 e. The van der Waals surface area contributed by atoms with Crippen molar-refractivity contribution in [1.82, 2.24) is 19.7 Å². The zero-order valence-electron chi connectivity index (χ0n) is 16.3. The lowest BCUT2D eigenvalue weighted by Crippen LogP contribution is -2.31. The molecule has 0 radical (unpaired) electrons. The zero-order valence-corrected chi connectivity index (χ0v) is 17.9. The Morgan fingerprint density at radius 1 is 1.28 bits per heavy atom. The van der Waals surface area contributed by atoms with Crippen LogP contribution in [0.4, 0.5) is 5.13 Å². The van der Waals surface area contributed by atoms with Crippen LogP contribution < -0.4 is 4.90 Å². The third kappa shape index (κ3) is 3.88. The van der Waals surface area contributed by atoms with E-state index in [0.29, 0.717) is 27.9 Å². The fourth-order valence-corrected chi connectivity index (χ4v) is 4.44. The van der Waals surface area contributed by atoms with E-state index in [-0.39, 0.29) is 11.9 Å². The minimum absolute atomic E-state index is 0.171. The van der Waals surface area contributed by atoms with Gasteiger partial charge < -0.3 is 0 Å². The highest BCUT2D eigenvalue weighted by atomic mass is 35.5. The molecule has 0 saturated carbocycles. The molecule has 0 N–H and O–H groups in total. The van der Waals surface area contributed by atoms with Crippen molar-refractivity contribution in [1.29, 1.82) is 0 Å². The summed E-state index contributed by atoms with van der Waals surface area (Å²) in [6, 6.07) is 11.4. The lowest BCUT2D eigenvalue weighted by Gasteiger charge is -2.18. The van der Waals surface area contributed by atoms with Gasteiger partial charge in [-0.25, -0.2) is 4.98 Å². The molecule has 0 aliphatic heterocycles. The number of aryl methyl sites for hydroxylation is 1. The SMILES string of the molecule is Cc1cc(C(=O)N(Cc2cccnc2)c2nc3c(Cl)cccc3s2)nn1C(C)C. The second kappa shape index (κ2) is 7.93. The average Bonchev–Trinajstić information content (AvgIpc) is 3.31. The first-order valence-corrected chi connectivity index (χ1v) is 10.5. The third-order valence-electron chi connectivity index (χ3n) is 4.53. The van der Waals surface area contributed by atoms with Crippen LogP contribution in [0.5, 0.6) is 0 Å². The van der Waals surface area contributed by atoms with Crippen molar-refractivity contribution in [2.24, 2.45) is 0 Å². The first-order chi connectivity index (χ1) is 13.9. The number of rotatable bonds is 5. The molecule has 29 heavy (non-hydrogen) atoms. The molecule has 0 aliphatic carbocycles. The van der Waals surface area contributed by atoms with E-state index in [1.165, 1.54) is 11.3 Å². The Morgan fingerprint density at radius 2 is 2.10 bits per heavy atom. The molecular weight excluding hydrogens is 406 g/mol.